The maximum absolute atomic E-state index is 13.0. The SMILES string of the molecule is Cc1ccc(CN2CC[C@H](CNC(=O)c3cc(C)nc4c3c(=O)n(C)c(=O)n4C)C2)cc1. The molecule has 1 fully saturated rings. The Morgan fingerprint density at radius 1 is 1.12 bits per heavy atom. The summed E-state index contributed by atoms with van der Waals surface area (Å²) in [7, 11) is 2.96. The number of likely N-dealkylation sites (tertiary alicyclic amines) is 1. The van der Waals surface area contributed by atoms with Crippen LogP contribution in [0.4, 0.5) is 0 Å². The van der Waals surface area contributed by atoms with Crippen LogP contribution in [0, 0.1) is 19.8 Å². The molecule has 1 saturated heterocycles. The fraction of sp³-hybridized carbons (Fsp3) is 0.417. The van der Waals surface area contributed by atoms with Gasteiger partial charge >= 0.3 is 5.69 Å². The summed E-state index contributed by atoms with van der Waals surface area (Å²) in [6.45, 7) is 7.19. The normalized spacial score (nSPS) is 16.6. The Morgan fingerprint density at radius 3 is 2.56 bits per heavy atom. The number of nitrogens with zero attached hydrogens (tertiary/aromatic N) is 4. The Labute approximate surface area is 186 Å². The van der Waals surface area contributed by atoms with Gasteiger partial charge in [0.1, 0.15) is 5.65 Å². The van der Waals surface area contributed by atoms with Crippen molar-refractivity contribution in [1.82, 2.24) is 24.3 Å². The number of nitrogens with one attached hydrogen (secondary N) is 1. The lowest BCUT2D eigenvalue weighted by molar-refractivity contribution is 0.0948. The lowest BCUT2D eigenvalue weighted by Crippen LogP contribution is -2.39. The number of hydrogen-bond donors (Lipinski definition) is 1. The minimum atomic E-state index is -0.508. The Morgan fingerprint density at radius 2 is 1.84 bits per heavy atom. The highest BCUT2D eigenvalue weighted by Gasteiger charge is 2.24. The Bertz CT molecular complexity index is 1290. The van der Waals surface area contributed by atoms with Crippen molar-refractivity contribution in [2.45, 2.75) is 26.8 Å². The molecule has 1 aromatic carbocycles. The van der Waals surface area contributed by atoms with E-state index in [2.05, 4.69) is 46.4 Å². The zero-order chi connectivity index (χ0) is 23.0. The highest BCUT2D eigenvalue weighted by Crippen LogP contribution is 2.19. The molecule has 168 valence electrons. The van der Waals surface area contributed by atoms with Gasteiger partial charge in [-0.05, 0) is 44.4 Å². The van der Waals surface area contributed by atoms with Crippen LogP contribution in [0.1, 0.15) is 33.6 Å². The van der Waals surface area contributed by atoms with Crippen molar-refractivity contribution in [3.63, 3.8) is 0 Å². The average molecular weight is 436 g/mol. The van der Waals surface area contributed by atoms with E-state index in [-0.39, 0.29) is 22.5 Å². The Hall–Kier alpha value is -3.26. The van der Waals surface area contributed by atoms with E-state index in [1.54, 1.807) is 20.0 Å². The average Bonchev–Trinajstić information content (AvgIpc) is 3.22. The third-order valence-corrected chi connectivity index (χ3v) is 6.23. The molecule has 0 aliphatic carbocycles. The molecule has 0 unspecified atom stereocenters. The summed E-state index contributed by atoms with van der Waals surface area (Å²) in [4.78, 5) is 44.8. The molecule has 1 N–H and O–H groups in total. The van der Waals surface area contributed by atoms with E-state index in [9.17, 15) is 14.4 Å². The molecule has 0 radical (unpaired) electrons. The van der Waals surface area contributed by atoms with E-state index < -0.39 is 11.2 Å². The fourth-order valence-electron chi connectivity index (χ4n) is 4.37. The second kappa shape index (κ2) is 8.70. The van der Waals surface area contributed by atoms with Crippen molar-refractivity contribution in [1.29, 1.82) is 0 Å². The highest BCUT2D eigenvalue weighted by atomic mass is 16.2. The standard InChI is InChI=1S/C24H29N5O3/c1-15-5-7-17(8-6-15)13-29-10-9-18(14-29)12-25-22(30)19-11-16(2)26-21-20(19)23(31)28(4)24(32)27(21)3/h5-8,11,18H,9-10,12-14H2,1-4H3,(H,25,30)/t18-/m1/s1. The third-order valence-electron chi connectivity index (χ3n) is 6.23. The number of pyridine rings is 1. The molecule has 4 rings (SSSR count). The van der Waals surface area contributed by atoms with Crippen LogP contribution >= 0.6 is 0 Å². The first-order valence-corrected chi connectivity index (χ1v) is 10.9. The van der Waals surface area contributed by atoms with Gasteiger partial charge in [0.15, 0.2) is 0 Å². The lowest BCUT2D eigenvalue weighted by atomic mass is 10.1. The van der Waals surface area contributed by atoms with Crippen LogP contribution in [0.3, 0.4) is 0 Å². The van der Waals surface area contributed by atoms with Crippen molar-refractivity contribution in [2.24, 2.45) is 20.0 Å². The van der Waals surface area contributed by atoms with Crippen molar-refractivity contribution in [3.05, 3.63) is 73.6 Å². The summed E-state index contributed by atoms with van der Waals surface area (Å²) >= 11 is 0. The molecule has 1 aliphatic heterocycles. The van der Waals surface area contributed by atoms with Crippen molar-refractivity contribution in [3.8, 4) is 0 Å². The molecular formula is C24H29N5O3. The Balaban J connectivity index is 1.47. The molecule has 0 saturated carbocycles. The number of amides is 1. The predicted molar refractivity (Wildman–Crippen MR) is 124 cm³/mol. The maximum atomic E-state index is 13.0. The zero-order valence-corrected chi connectivity index (χ0v) is 19.0. The van der Waals surface area contributed by atoms with E-state index in [1.807, 2.05) is 0 Å². The molecule has 32 heavy (non-hydrogen) atoms. The number of rotatable bonds is 5. The lowest BCUT2D eigenvalue weighted by Gasteiger charge is -2.17. The summed E-state index contributed by atoms with van der Waals surface area (Å²) in [5.74, 6) is 0.0408. The molecule has 8 heteroatoms. The van der Waals surface area contributed by atoms with Crippen LogP contribution in [0.5, 0.6) is 0 Å². The maximum Gasteiger partial charge on any atom is 0.332 e. The molecular weight excluding hydrogens is 406 g/mol. The summed E-state index contributed by atoms with van der Waals surface area (Å²) in [6.07, 6.45) is 1.01. The second-order valence-electron chi connectivity index (χ2n) is 8.80. The number of carbonyl (C=O) groups excluding carboxylic acids is 1. The predicted octanol–water partition coefficient (Wildman–Crippen LogP) is 1.50. The molecule has 0 spiro atoms. The van der Waals surface area contributed by atoms with Gasteiger partial charge in [-0.25, -0.2) is 9.78 Å². The highest BCUT2D eigenvalue weighted by molar-refractivity contribution is 6.05. The van der Waals surface area contributed by atoms with Gasteiger partial charge in [0, 0.05) is 39.4 Å². The first-order valence-electron chi connectivity index (χ1n) is 10.9. The number of aromatic nitrogens is 3. The number of hydrogen-bond acceptors (Lipinski definition) is 5. The summed E-state index contributed by atoms with van der Waals surface area (Å²) in [6, 6.07) is 10.2. The second-order valence-corrected chi connectivity index (χ2v) is 8.80. The minimum absolute atomic E-state index is 0.171. The number of aryl methyl sites for hydroxylation is 3. The monoisotopic (exact) mass is 435 g/mol. The zero-order valence-electron chi connectivity index (χ0n) is 19.0. The van der Waals surface area contributed by atoms with E-state index in [0.29, 0.717) is 18.2 Å². The van der Waals surface area contributed by atoms with E-state index in [4.69, 9.17) is 0 Å². The van der Waals surface area contributed by atoms with E-state index >= 15 is 0 Å². The van der Waals surface area contributed by atoms with Crippen LogP contribution in [0.25, 0.3) is 11.0 Å². The van der Waals surface area contributed by atoms with Crippen LogP contribution in [-0.2, 0) is 20.6 Å². The molecule has 1 atom stereocenters. The van der Waals surface area contributed by atoms with Crippen molar-refractivity contribution in [2.75, 3.05) is 19.6 Å². The van der Waals surface area contributed by atoms with Crippen molar-refractivity contribution >= 4 is 16.9 Å². The van der Waals surface area contributed by atoms with Gasteiger partial charge in [0.05, 0.1) is 10.9 Å². The summed E-state index contributed by atoms with van der Waals surface area (Å²) < 4.78 is 2.32. The molecule has 3 heterocycles. The smallest absolute Gasteiger partial charge is 0.332 e. The molecule has 1 aliphatic rings. The topological polar surface area (TPSA) is 89.2 Å². The van der Waals surface area contributed by atoms with Crippen LogP contribution < -0.4 is 16.6 Å². The van der Waals surface area contributed by atoms with Crippen molar-refractivity contribution < 1.29 is 4.79 Å². The molecule has 3 aromatic rings. The largest absolute Gasteiger partial charge is 0.352 e. The van der Waals surface area contributed by atoms with Gasteiger partial charge < -0.3 is 5.32 Å². The number of carbonyl (C=O) groups is 1. The molecule has 0 bridgehead atoms. The van der Waals surface area contributed by atoms with Gasteiger partial charge in [-0.15, -0.1) is 0 Å². The molecule has 8 nitrogen and oxygen atoms in total. The van der Waals surface area contributed by atoms with Gasteiger partial charge in [-0.3, -0.25) is 23.6 Å². The summed E-state index contributed by atoms with van der Waals surface area (Å²) in [5.41, 5.74) is 2.64. The summed E-state index contributed by atoms with van der Waals surface area (Å²) in [5, 5.41) is 3.18. The number of fused-ring (bicyclic) bond motifs is 1. The molecule has 1 amide bonds. The van der Waals surface area contributed by atoms with Gasteiger partial charge in [-0.1, -0.05) is 29.8 Å². The number of benzene rings is 1. The third kappa shape index (κ3) is 4.23. The van der Waals surface area contributed by atoms with Gasteiger partial charge in [0.2, 0.25) is 0 Å². The molecule has 2 aromatic heterocycles. The van der Waals surface area contributed by atoms with Crippen LogP contribution in [-0.4, -0.2) is 44.6 Å². The van der Waals surface area contributed by atoms with E-state index in [0.717, 1.165) is 30.6 Å². The van der Waals surface area contributed by atoms with Gasteiger partial charge in [0.25, 0.3) is 11.5 Å². The fourth-order valence-corrected chi connectivity index (χ4v) is 4.37. The van der Waals surface area contributed by atoms with E-state index in [1.165, 1.54) is 22.7 Å². The minimum Gasteiger partial charge on any atom is -0.352 e. The first-order chi connectivity index (χ1) is 15.2. The Kier molecular flexibility index (Phi) is 5.97. The quantitative estimate of drug-likeness (QED) is 0.656. The van der Waals surface area contributed by atoms with Gasteiger partial charge in [-0.2, -0.15) is 0 Å². The first kappa shape index (κ1) is 22.0. The van der Waals surface area contributed by atoms with Crippen LogP contribution in [0.15, 0.2) is 39.9 Å². The van der Waals surface area contributed by atoms with Crippen LogP contribution in [0.2, 0.25) is 0 Å².